The zero-order chi connectivity index (χ0) is 20.6. The van der Waals surface area contributed by atoms with Crippen molar-refractivity contribution in [2.45, 2.75) is 25.6 Å². The van der Waals surface area contributed by atoms with E-state index in [9.17, 15) is 8.78 Å². The lowest BCUT2D eigenvalue weighted by Gasteiger charge is -2.16. The lowest BCUT2D eigenvalue weighted by Crippen LogP contribution is -2.42. The van der Waals surface area contributed by atoms with Gasteiger partial charge < -0.3 is 24.8 Å². The van der Waals surface area contributed by atoms with Gasteiger partial charge in [0.05, 0.1) is 13.7 Å². The van der Waals surface area contributed by atoms with E-state index in [1.165, 1.54) is 12.7 Å². The van der Waals surface area contributed by atoms with Crippen molar-refractivity contribution >= 4 is 5.96 Å². The van der Waals surface area contributed by atoms with Crippen LogP contribution in [0.25, 0.3) is 0 Å². The average molecular weight is 405 g/mol. The Morgan fingerprint density at radius 3 is 2.76 bits per heavy atom. The summed E-state index contributed by atoms with van der Waals surface area (Å²) in [5.41, 5.74) is 2.06. The van der Waals surface area contributed by atoms with Gasteiger partial charge in [0.15, 0.2) is 17.5 Å². The molecule has 0 fully saturated rings. The number of benzene rings is 2. The average Bonchev–Trinajstić information content (AvgIpc) is 3.13. The Labute approximate surface area is 168 Å². The minimum Gasteiger partial charge on any atom is -0.493 e. The normalized spacial score (nSPS) is 15.6. The minimum atomic E-state index is -2.90. The number of methoxy groups -OCH3 is 1. The molecule has 1 atom stereocenters. The smallest absolute Gasteiger partial charge is 0.387 e. The molecule has 1 unspecified atom stereocenters. The minimum absolute atomic E-state index is 0.0282. The number of halogens is 2. The van der Waals surface area contributed by atoms with Crippen LogP contribution >= 0.6 is 0 Å². The summed E-state index contributed by atoms with van der Waals surface area (Å²) in [6.45, 7) is -1.70. The molecule has 1 aliphatic heterocycles. The first-order valence-electron chi connectivity index (χ1n) is 9.40. The molecule has 6 nitrogen and oxygen atoms in total. The number of hydrogen-bond acceptors (Lipinski definition) is 4. The summed E-state index contributed by atoms with van der Waals surface area (Å²) >= 11 is 0. The predicted molar refractivity (Wildman–Crippen MR) is 107 cm³/mol. The summed E-state index contributed by atoms with van der Waals surface area (Å²) in [6.07, 6.45) is 1.52. The van der Waals surface area contributed by atoms with Gasteiger partial charge in [0.25, 0.3) is 0 Å². The van der Waals surface area contributed by atoms with E-state index in [1.54, 1.807) is 19.2 Å². The third-order valence-electron chi connectivity index (χ3n) is 4.58. The Kier molecular flexibility index (Phi) is 7.10. The molecule has 8 heteroatoms. The van der Waals surface area contributed by atoms with E-state index in [-0.39, 0.29) is 17.6 Å². The highest BCUT2D eigenvalue weighted by Gasteiger charge is 2.22. The molecule has 0 aliphatic carbocycles. The molecule has 0 saturated heterocycles. The molecular formula is C21H25F2N3O3. The van der Waals surface area contributed by atoms with Gasteiger partial charge in [-0.1, -0.05) is 24.3 Å². The van der Waals surface area contributed by atoms with Crippen molar-refractivity contribution in [3.8, 4) is 17.2 Å². The maximum atomic E-state index is 12.5. The standard InChI is InChI=1S/C21H25F2N3O3/c1-24-21(26-13-16-12-15-5-3-4-6-17(15)28-16)25-10-9-14-7-8-18(27-2)19(11-14)29-20(22)23/h3-8,11,16,20H,9-10,12-13H2,1-2H3,(H2,24,25,26). The number of nitrogens with zero attached hydrogens (tertiary/aromatic N) is 1. The second kappa shape index (κ2) is 9.95. The van der Waals surface area contributed by atoms with E-state index >= 15 is 0 Å². The molecule has 0 radical (unpaired) electrons. The molecule has 1 aliphatic rings. The third-order valence-corrected chi connectivity index (χ3v) is 4.58. The molecule has 0 aromatic heterocycles. The van der Waals surface area contributed by atoms with Crippen molar-refractivity contribution in [2.75, 3.05) is 27.2 Å². The topological polar surface area (TPSA) is 64.1 Å². The molecule has 0 spiro atoms. The summed E-state index contributed by atoms with van der Waals surface area (Å²) < 4.78 is 40.6. The van der Waals surface area contributed by atoms with Crippen LogP contribution in [0.3, 0.4) is 0 Å². The number of alkyl halides is 2. The number of guanidine groups is 1. The number of fused-ring (bicyclic) bond motifs is 1. The van der Waals surface area contributed by atoms with E-state index in [4.69, 9.17) is 9.47 Å². The molecule has 29 heavy (non-hydrogen) atoms. The zero-order valence-corrected chi connectivity index (χ0v) is 16.5. The van der Waals surface area contributed by atoms with Gasteiger partial charge in [-0.05, 0) is 35.7 Å². The van der Waals surface area contributed by atoms with E-state index in [2.05, 4.69) is 26.4 Å². The fourth-order valence-electron chi connectivity index (χ4n) is 3.19. The highest BCUT2D eigenvalue weighted by Crippen LogP contribution is 2.29. The summed E-state index contributed by atoms with van der Waals surface area (Å²) in [5.74, 6) is 1.89. The molecule has 1 heterocycles. The molecule has 0 amide bonds. The van der Waals surface area contributed by atoms with Gasteiger partial charge in [-0.25, -0.2) is 0 Å². The van der Waals surface area contributed by atoms with Crippen molar-refractivity contribution in [2.24, 2.45) is 4.99 Å². The molecule has 0 bridgehead atoms. The quantitative estimate of drug-likeness (QED) is 0.522. The van der Waals surface area contributed by atoms with E-state index in [0.29, 0.717) is 25.5 Å². The Morgan fingerprint density at radius 2 is 2.03 bits per heavy atom. The van der Waals surface area contributed by atoms with Gasteiger partial charge in [-0.15, -0.1) is 0 Å². The lowest BCUT2D eigenvalue weighted by molar-refractivity contribution is -0.0512. The van der Waals surface area contributed by atoms with Crippen LogP contribution in [0.4, 0.5) is 8.78 Å². The SMILES string of the molecule is CN=C(NCCc1ccc(OC)c(OC(F)F)c1)NCC1Cc2ccccc2O1. The Morgan fingerprint density at radius 1 is 1.21 bits per heavy atom. The summed E-state index contributed by atoms with van der Waals surface area (Å²) in [7, 11) is 3.11. The summed E-state index contributed by atoms with van der Waals surface area (Å²) in [4.78, 5) is 4.21. The molecule has 156 valence electrons. The third kappa shape index (κ3) is 5.73. The number of para-hydroxylation sites is 1. The van der Waals surface area contributed by atoms with Crippen molar-refractivity contribution in [1.82, 2.24) is 10.6 Å². The van der Waals surface area contributed by atoms with Gasteiger partial charge >= 0.3 is 6.61 Å². The highest BCUT2D eigenvalue weighted by atomic mass is 19.3. The maximum Gasteiger partial charge on any atom is 0.387 e. The second-order valence-electron chi connectivity index (χ2n) is 6.55. The fourth-order valence-corrected chi connectivity index (χ4v) is 3.19. The molecule has 2 aromatic rings. The van der Waals surface area contributed by atoms with Crippen LogP contribution in [0.5, 0.6) is 17.2 Å². The largest absolute Gasteiger partial charge is 0.493 e. The van der Waals surface area contributed by atoms with Gasteiger partial charge in [-0.3, -0.25) is 4.99 Å². The first-order valence-corrected chi connectivity index (χ1v) is 9.40. The van der Waals surface area contributed by atoms with Crippen molar-refractivity contribution < 1.29 is 23.0 Å². The molecule has 2 N–H and O–H groups in total. The van der Waals surface area contributed by atoms with Crippen LogP contribution < -0.4 is 24.8 Å². The first-order chi connectivity index (χ1) is 14.1. The first kappa shape index (κ1) is 20.7. The monoisotopic (exact) mass is 405 g/mol. The second-order valence-corrected chi connectivity index (χ2v) is 6.55. The molecule has 3 rings (SSSR count). The number of aliphatic imine (C=N–C) groups is 1. The number of hydrogen-bond donors (Lipinski definition) is 2. The molecule has 2 aromatic carbocycles. The Hall–Kier alpha value is -3.03. The van der Waals surface area contributed by atoms with Crippen LogP contribution in [-0.2, 0) is 12.8 Å². The van der Waals surface area contributed by atoms with E-state index < -0.39 is 6.61 Å². The van der Waals surface area contributed by atoms with Gasteiger partial charge in [0.1, 0.15) is 11.9 Å². The summed E-state index contributed by atoms with van der Waals surface area (Å²) in [6, 6.07) is 13.0. The number of ether oxygens (including phenoxy) is 3. The van der Waals surface area contributed by atoms with Gasteiger partial charge in [-0.2, -0.15) is 8.78 Å². The van der Waals surface area contributed by atoms with E-state index in [1.807, 2.05) is 24.3 Å². The Balaban J connectivity index is 1.45. The maximum absolute atomic E-state index is 12.5. The van der Waals surface area contributed by atoms with Crippen LogP contribution in [-0.4, -0.2) is 45.9 Å². The highest BCUT2D eigenvalue weighted by molar-refractivity contribution is 5.79. The van der Waals surface area contributed by atoms with Crippen LogP contribution in [0, 0.1) is 0 Å². The van der Waals surface area contributed by atoms with Gasteiger partial charge in [0.2, 0.25) is 0 Å². The predicted octanol–water partition coefficient (Wildman–Crippen LogP) is 3.01. The number of rotatable bonds is 8. The summed E-state index contributed by atoms with van der Waals surface area (Å²) in [5, 5.41) is 6.47. The molecular weight excluding hydrogens is 380 g/mol. The van der Waals surface area contributed by atoms with Crippen LogP contribution in [0.1, 0.15) is 11.1 Å². The van der Waals surface area contributed by atoms with E-state index in [0.717, 1.165) is 17.7 Å². The van der Waals surface area contributed by atoms with Crippen molar-refractivity contribution in [1.29, 1.82) is 0 Å². The lowest BCUT2D eigenvalue weighted by atomic mass is 10.1. The van der Waals surface area contributed by atoms with Crippen molar-refractivity contribution in [3.05, 3.63) is 53.6 Å². The fraction of sp³-hybridized carbons (Fsp3) is 0.381. The van der Waals surface area contributed by atoms with Gasteiger partial charge in [0, 0.05) is 20.0 Å². The number of nitrogens with one attached hydrogen (secondary N) is 2. The Bertz CT molecular complexity index is 821. The van der Waals surface area contributed by atoms with Crippen molar-refractivity contribution in [3.63, 3.8) is 0 Å². The molecule has 0 saturated carbocycles. The van der Waals surface area contributed by atoms with Crippen LogP contribution in [0.15, 0.2) is 47.5 Å². The zero-order valence-electron chi connectivity index (χ0n) is 16.5. The van der Waals surface area contributed by atoms with Crippen LogP contribution in [0.2, 0.25) is 0 Å².